The number of hydrogen-bond acceptors (Lipinski definition) is 2. The van der Waals surface area contributed by atoms with Crippen LogP contribution in [0.3, 0.4) is 0 Å². The Balaban J connectivity index is 1.62. The van der Waals surface area contributed by atoms with Crippen LogP contribution in [0.4, 0.5) is 0 Å². The van der Waals surface area contributed by atoms with Gasteiger partial charge in [0.05, 0.1) is 12.6 Å². The summed E-state index contributed by atoms with van der Waals surface area (Å²) in [6.45, 7) is 4.04. The van der Waals surface area contributed by atoms with Gasteiger partial charge in [0.25, 0.3) is 0 Å². The van der Waals surface area contributed by atoms with Crippen molar-refractivity contribution in [2.24, 2.45) is 0 Å². The van der Waals surface area contributed by atoms with Crippen molar-refractivity contribution in [3.8, 4) is 0 Å². The van der Waals surface area contributed by atoms with Crippen molar-refractivity contribution < 1.29 is 4.79 Å². The first-order valence-electron chi connectivity index (χ1n) is 9.15. The fraction of sp³-hybridized carbons (Fsp3) is 0.450. The molecular formula is C20H24ClN3O. The van der Waals surface area contributed by atoms with Crippen LogP contribution in [0, 0.1) is 0 Å². The molecule has 0 spiro atoms. The van der Waals surface area contributed by atoms with Gasteiger partial charge in [-0.2, -0.15) is 0 Å². The summed E-state index contributed by atoms with van der Waals surface area (Å²) >= 11 is 6.51. The van der Waals surface area contributed by atoms with E-state index in [1.54, 1.807) is 0 Å². The largest absolute Gasteiger partial charge is 0.348 e. The van der Waals surface area contributed by atoms with Gasteiger partial charge < -0.3 is 9.47 Å². The van der Waals surface area contributed by atoms with Gasteiger partial charge in [-0.1, -0.05) is 29.8 Å². The average molecular weight is 358 g/mol. The Hall–Kier alpha value is -1.78. The number of carbonyl (C=O) groups is 1. The lowest BCUT2D eigenvalue weighted by Gasteiger charge is -2.38. The zero-order valence-electron chi connectivity index (χ0n) is 14.4. The number of rotatable bonds is 3. The maximum Gasteiger partial charge on any atom is 0.236 e. The maximum absolute atomic E-state index is 12.8. The minimum absolute atomic E-state index is 0.0335. The van der Waals surface area contributed by atoms with Crippen LogP contribution in [0.25, 0.3) is 0 Å². The molecule has 4 nitrogen and oxygen atoms in total. The minimum atomic E-state index is 0.0335. The Morgan fingerprint density at radius 1 is 1.00 bits per heavy atom. The summed E-state index contributed by atoms with van der Waals surface area (Å²) in [6, 6.07) is 12.2. The predicted octanol–water partition coefficient (Wildman–Crippen LogP) is 3.56. The fourth-order valence-electron chi connectivity index (χ4n) is 4.07. The van der Waals surface area contributed by atoms with E-state index >= 15 is 0 Å². The molecule has 1 aromatic carbocycles. The molecule has 2 aliphatic rings. The Labute approximate surface area is 154 Å². The lowest BCUT2D eigenvalue weighted by Crippen LogP contribution is -2.47. The van der Waals surface area contributed by atoms with Gasteiger partial charge in [0.1, 0.15) is 0 Å². The van der Waals surface area contributed by atoms with Crippen LogP contribution in [0.1, 0.15) is 36.6 Å². The van der Waals surface area contributed by atoms with Crippen molar-refractivity contribution in [3.05, 3.63) is 58.9 Å². The molecule has 25 heavy (non-hydrogen) atoms. The standard InChI is InChI=1S/C20H24ClN3O/c21-17-8-3-2-7-16(17)20-18-9-6-12-22(18)13-14-24(20)15-19(25)23-10-4-1-5-11-23/h2-3,6-9,12,20H,1,4-5,10-11,13-15H2. The molecule has 2 aromatic rings. The highest BCUT2D eigenvalue weighted by Crippen LogP contribution is 2.35. The average Bonchev–Trinajstić information content (AvgIpc) is 3.12. The molecule has 1 unspecified atom stereocenters. The third-order valence-corrected chi connectivity index (χ3v) is 5.73. The van der Waals surface area contributed by atoms with E-state index in [-0.39, 0.29) is 11.9 Å². The van der Waals surface area contributed by atoms with E-state index in [2.05, 4.69) is 33.9 Å². The van der Waals surface area contributed by atoms with Gasteiger partial charge in [0.15, 0.2) is 0 Å². The topological polar surface area (TPSA) is 28.5 Å². The quantitative estimate of drug-likeness (QED) is 0.840. The van der Waals surface area contributed by atoms with E-state index in [1.165, 1.54) is 12.1 Å². The molecular weight excluding hydrogens is 334 g/mol. The SMILES string of the molecule is O=C(CN1CCn2cccc2C1c1ccccc1Cl)N1CCCCC1. The molecule has 0 bridgehead atoms. The molecule has 5 heteroatoms. The Bertz CT molecular complexity index is 751. The van der Waals surface area contributed by atoms with E-state index in [4.69, 9.17) is 11.6 Å². The number of fused-ring (bicyclic) bond motifs is 1. The second-order valence-electron chi connectivity index (χ2n) is 6.96. The monoisotopic (exact) mass is 357 g/mol. The molecule has 132 valence electrons. The van der Waals surface area contributed by atoms with Gasteiger partial charge in [-0.25, -0.2) is 0 Å². The number of benzene rings is 1. The lowest BCUT2D eigenvalue weighted by molar-refractivity contribution is -0.134. The summed E-state index contributed by atoms with van der Waals surface area (Å²) in [5, 5.41) is 0.762. The first-order valence-corrected chi connectivity index (χ1v) is 9.53. The van der Waals surface area contributed by atoms with Crippen LogP contribution in [0.15, 0.2) is 42.6 Å². The van der Waals surface area contributed by atoms with Crippen LogP contribution >= 0.6 is 11.6 Å². The van der Waals surface area contributed by atoms with E-state index in [0.717, 1.165) is 49.6 Å². The van der Waals surface area contributed by atoms with E-state index in [9.17, 15) is 4.79 Å². The van der Waals surface area contributed by atoms with Crippen LogP contribution in [-0.2, 0) is 11.3 Å². The smallest absolute Gasteiger partial charge is 0.236 e. The zero-order valence-corrected chi connectivity index (χ0v) is 15.2. The molecule has 2 aliphatic heterocycles. The molecule has 1 atom stereocenters. The molecule has 3 heterocycles. The van der Waals surface area contributed by atoms with Crippen molar-refractivity contribution in [1.82, 2.24) is 14.4 Å². The first-order chi connectivity index (χ1) is 12.2. The zero-order chi connectivity index (χ0) is 17.2. The number of piperidine rings is 1. The van der Waals surface area contributed by atoms with Gasteiger partial charge in [-0.05, 0) is 43.0 Å². The van der Waals surface area contributed by atoms with Gasteiger partial charge in [-0.3, -0.25) is 9.69 Å². The molecule has 1 fully saturated rings. The number of nitrogens with zero attached hydrogens (tertiary/aromatic N) is 3. The Morgan fingerprint density at radius 2 is 1.80 bits per heavy atom. The summed E-state index contributed by atoms with van der Waals surface area (Å²) < 4.78 is 2.27. The highest BCUT2D eigenvalue weighted by molar-refractivity contribution is 6.31. The summed E-state index contributed by atoms with van der Waals surface area (Å²) in [7, 11) is 0. The third kappa shape index (κ3) is 3.33. The van der Waals surface area contributed by atoms with Crippen molar-refractivity contribution in [2.75, 3.05) is 26.2 Å². The molecule has 0 aliphatic carbocycles. The van der Waals surface area contributed by atoms with Gasteiger partial charge in [0.2, 0.25) is 5.91 Å². The number of hydrogen-bond donors (Lipinski definition) is 0. The lowest BCUT2D eigenvalue weighted by atomic mass is 9.99. The third-order valence-electron chi connectivity index (χ3n) is 5.38. The van der Waals surface area contributed by atoms with E-state index in [1.807, 2.05) is 23.1 Å². The molecule has 1 amide bonds. The second kappa shape index (κ2) is 7.22. The number of halogens is 1. The van der Waals surface area contributed by atoms with Gasteiger partial charge in [-0.15, -0.1) is 0 Å². The van der Waals surface area contributed by atoms with Crippen LogP contribution in [-0.4, -0.2) is 46.5 Å². The minimum Gasteiger partial charge on any atom is -0.348 e. The van der Waals surface area contributed by atoms with Crippen molar-refractivity contribution in [3.63, 3.8) is 0 Å². The van der Waals surface area contributed by atoms with Gasteiger partial charge in [0, 0.05) is 43.1 Å². The van der Waals surface area contributed by atoms with E-state index in [0.29, 0.717) is 6.54 Å². The molecule has 4 rings (SSSR count). The summed E-state index contributed by atoms with van der Waals surface area (Å²) in [5.74, 6) is 0.247. The molecule has 0 saturated carbocycles. The van der Waals surface area contributed by atoms with Gasteiger partial charge >= 0.3 is 0 Å². The normalized spacial score (nSPS) is 21.2. The summed E-state index contributed by atoms with van der Waals surface area (Å²) in [6.07, 6.45) is 5.61. The fourth-order valence-corrected chi connectivity index (χ4v) is 4.31. The maximum atomic E-state index is 12.8. The number of carbonyl (C=O) groups excluding carboxylic acids is 1. The molecule has 1 aromatic heterocycles. The molecule has 0 N–H and O–H groups in total. The van der Waals surface area contributed by atoms with Crippen molar-refractivity contribution in [2.45, 2.75) is 31.8 Å². The van der Waals surface area contributed by atoms with Crippen LogP contribution in [0.5, 0.6) is 0 Å². The van der Waals surface area contributed by atoms with Crippen LogP contribution in [0.2, 0.25) is 5.02 Å². The number of aromatic nitrogens is 1. The molecule has 0 radical (unpaired) electrons. The first kappa shape index (κ1) is 16.7. The predicted molar refractivity (Wildman–Crippen MR) is 99.7 cm³/mol. The number of likely N-dealkylation sites (tertiary alicyclic amines) is 1. The highest BCUT2D eigenvalue weighted by atomic mass is 35.5. The highest BCUT2D eigenvalue weighted by Gasteiger charge is 2.32. The van der Waals surface area contributed by atoms with Crippen LogP contribution < -0.4 is 0 Å². The summed E-state index contributed by atoms with van der Waals surface area (Å²) in [4.78, 5) is 17.1. The second-order valence-corrected chi connectivity index (χ2v) is 7.37. The summed E-state index contributed by atoms with van der Waals surface area (Å²) in [5.41, 5.74) is 2.29. The number of amides is 1. The van der Waals surface area contributed by atoms with Crippen molar-refractivity contribution in [1.29, 1.82) is 0 Å². The van der Waals surface area contributed by atoms with E-state index < -0.39 is 0 Å². The Morgan fingerprint density at radius 3 is 2.60 bits per heavy atom. The Kier molecular flexibility index (Phi) is 4.82. The molecule has 1 saturated heterocycles. The van der Waals surface area contributed by atoms with Crippen molar-refractivity contribution >= 4 is 17.5 Å².